The number of ketones is 1. The van der Waals surface area contributed by atoms with Crippen LogP contribution >= 0.6 is 0 Å². The van der Waals surface area contributed by atoms with E-state index in [0.29, 0.717) is 18.7 Å². The highest BCUT2D eigenvalue weighted by molar-refractivity contribution is 6.46. The maximum atomic E-state index is 13.1. The van der Waals surface area contributed by atoms with Crippen LogP contribution in [0.4, 0.5) is 0 Å². The van der Waals surface area contributed by atoms with E-state index in [0.717, 1.165) is 17.5 Å². The maximum absolute atomic E-state index is 13.1. The minimum atomic E-state index is -0.634. The number of hydrogen-bond acceptors (Lipinski definition) is 4. The molecule has 1 atom stereocenters. The number of benzene rings is 2. The Kier molecular flexibility index (Phi) is 6.89. The van der Waals surface area contributed by atoms with E-state index >= 15 is 0 Å². The van der Waals surface area contributed by atoms with Crippen molar-refractivity contribution in [3.05, 3.63) is 76.4 Å². The van der Waals surface area contributed by atoms with Crippen LogP contribution in [0.15, 0.2) is 54.1 Å². The molecule has 2 aromatic carbocycles. The smallest absolute Gasteiger partial charge is 0.295 e. The van der Waals surface area contributed by atoms with Gasteiger partial charge in [0.2, 0.25) is 0 Å². The zero-order chi connectivity index (χ0) is 23.6. The molecule has 1 N–H and O–H groups in total. The molecule has 5 heteroatoms. The Bertz CT molecular complexity index is 1010. The van der Waals surface area contributed by atoms with Gasteiger partial charge < -0.3 is 14.9 Å². The van der Waals surface area contributed by atoms with Crippen LogP contribution in [0.2, 0.25) is 0 Å². The summed E-state index contributed by atoms with van der Waals surface area (Å²) in [7, 11) is 3.86. The Morgan fingerprint density at radius 3 is 2.09 bits per heavy atom. The number of carbonyl (C=O) groups is 2. The highest BCUT2D eigenvalue weighted by Crippen LogP contribution is 2.39. The van der Waals surface area contributed by atoms with Crippen LogP contribution in [-0.2, 0) is 21.4 Å². The van der Waals surface area contributed by atoms with E-state index in [9.17, 15) is 14.7 Å². The Balaban J connectivity index is 2.12. The van der Waals surface area contributed by atoms with Gasteiger partial charge in [-0.05, 0) is 42.6 Å². The Morgan fingerprint density at radius 1 is 1.00 bits per heavy atom. The first-order valence-corrected chi connectivity index (χ1v) is 11.2. The zero-order valence-corrected chi connectivity index (χ0v) is 20.0. The summed E-state index contributed by atoms with van der Waals surface area (Å²) in [5.74, 6) is -1.32. The van der Waals surface area contributed by atoms with Gasteiger partial charge >= 0.3 is 0 Å². The van der Waals surface area contributed by atoms with Gasteiger partial charge in [0.1, 0.15) is 5.76 Å². The first kappa shape index (κ1) is 23.7. The minimum absolute atomic E-state index is 0.00765. The first-order valence-electron chi connectivity index (χ1n) is 11.2. The van der Waals surface area contributed by atoms with Gasteiger partial charge in [0, 0.05) is 18.7 Å². The number of aliphatic hydroxyl groups is 1. The largest absolute Gasteiger partial charge is 0.507 e. The number of Topliss-reactive ketones (excluding diaryl/α,β-unsaturated/α-hetero) is 1. The van der Waals surface area contributed by atoms with Gasteiger partial charge in [-0.3, -0.25) is 9.59 Å². The van der Waals surface area contributed by atoms with E-state index in [2.05, 4.69) is 27.7 Å². The summed E-state index contributed by atoms with van der Waals surface area (Å²) in [5.41, 5.74) is 3.82. The standard InChI is InChI=1S/C27H34N2O3/c1-7-18-8-10-20(11-9-18)24(30)22-23(19-12-14-21(15-13-19)27(2,3)4)29(17-16-28(5)6)26(32)25(22)31/h8-15,23,30H,7,16-17H2,1-6H3/b24-22-. The monoisotopic (exact) mass is 434 g/mol. The first-order chi connectivity index (χ1) is 15.0. The fourth-order valence-corrected chi connectivity index (χ4v) is 3.98. The number of hydrogen-bond donors (Lipinski definition) is 1. The molecule has 1 aliphatic heterocycles. The van der Waals surface area contributed by atoms with Crippen LogP contribution in [-0.4, -0.2) is 53.8 Å². The molecule has 1 heterocycles. The molecule has 2 aromatic rings. The van der Waals surface area contributed by atoms with Crippen LogP contribution in [0.3, 0.4) is 0 Å². The molecule has 1 amide bonds. The second kappa shape index (κ2) is 9.29. The number of likely N-dealkylation sites (tertiary alicyclic amines) is 1. The predicted molar refractivity (Wildman–Crippen MR) is 129 cm³/mol. The summed E-state index contributed by atoms with van der Waals surface area (Å²) >= 11 is 0. The fourth-order valence-electron chi connectivity index (χ4n) is 3.98. The van der Waals surface area contributed by atoms with E-state index in [-0.39, 0.29) is 16.7 Å². The third-order valence-electron chi connectivity index (χ3n) is 6.06. The summed E-state index contributed by atoms with van der Waals surface area (Å²) in [5, 5.41) is 11.2. The number of aliphatic hydroxyl groups excluding tert-OH is 1. The van der Waals surface area contributed by atoms with Crippen molar-refractivity contribution in [1.29, 1.82) is 0 Å². The molecule has 1 saturated heterocycles. The number of amides is 1. The average molecular weight is 435 g/mol. The maximum Gasteiger partial charge on any atom is 0.295 e. The molecule has 0 spiro atoms. The van der Waals surface area contributed by atoms with E-state index in [1.807, 2.05) is 55.4 Å². The van der Waals surface area contributed by atoms with Crippen molar-refractivity contribution < 1.29 is 14.7 Å². The molecule has 0 radical (unpaired) electrons. The summed E-state index contributed by atoms with van der Waals surface area (Å²) < 4.78 is 0. The lowest BCUT2D eigenvalue weighted by atomic mass is 9.85. The van der Waals surface area contributed by atoms with Gasteiger partial charge in [-0.1, -0.05) is 76.2 Å². The molecule has 1 fully saturated rings. The van der Waals surface area contributed by atoms with Gasteiger partial charge in [-0.25, -0.2) is 0 Å². The van der Waals surface area contributed by atoms with Gasteiger partial charge in [0.05, 0.1) is 11.6 Å². The highest BCUT2D eigenvalue weighted by atomic mass is 16.3. The number of likely N-dealkylation sites (N-methyl/N-ethyl adjacent to an activating group) is 1. The lowest BCUT2D eigenvalue weighted by Gasteiger charge is -2.27. The van der Waals surface area contributed by atoms with Crippen molar-refractivity contribution >= 4 is 17.4 Å². The molecule has 170 valence electrons. The molecule has 0 saturated carbocycles. The van der Waals surface area contributed by atoms with Crippen LogP contribution in [0.5, 0.6) is 0 Å². The van der Waals surface area contributed by atoms with E-state index in [1.54, 1.807) is 17.0 Å². The number of aryl methyl sites for hydroxylation is 1. The molecular formula is C27H34N2O3. The van der Waals surface area contributed by atoms with Gasteiger partial charge in [-0.2, -0.15) is 0 Å². The van der Waals surface area contributed by atoms with Crippen LogP contribution in [0.25, 0.3) is 5.76 Å². The Labute approximate surface area is 191 Å². The molecule has 3 rings (SSSR count). The van der Waals surface area contributed by atoms with Crippen LogP contribution < -0.4 is 0 Å². The van der Waals surface area contributed by atoms with Crippen molar-refractivity contribution in [2.45, 2.75) is 45.6 Å². The van der Waals surface area contributed by atoms with Crippen molar-refractivity contribution in [1.82, 2.24) is 9.80 Å². The summed E-state index contributed by atoms with van der Waals surface area (Å²) in [6.07, 6.45) is 0.885. The quantitative estimate of drug-likeness (QED) is 0.412. The molecular weight excluding hydrogens is 400 g/mol. The predicted octanol–water partition coefficient (Wildman–Crippen LogP) is 4.53. The lowest BCUT2D eigenvalue weighted by Crippen LogP contribution is -2.35. The average Bonchev–Trinajstić information content (AvgIpc) is 3.01. The molecule has 1 unspecified atom stereocenters. The SMILES string of the molecule is CCc1ccc(/C(O)=C2/C(=O)C(=O)N(CCN(C)C)C2c2ccc(C(C)(C)C)cc2)cc1. The third kappa shape index (κ3) is 4.78. The normalized spacial score (nSPS) is 18.6. The Hall–Kier alpha value is -2.92. The molecule has 1 aliphatic rings. The minimum Gasteiger partial charge on any atom is -0.507 e. The summed E-state index contributed by atoms with van der Waals surface area (Å²) in [4.78, 5) is 29.6. The van der Waals surface area contributed by atoms with Gasteiger partial charge in [-0.15, -0.1) is 0 Å². The van der Waals surface area contributed by atoms with Gasteiger partial charge in [0.25, 0.3) is 11.7 Å². The third-order valence-corrected chi connectivity index (χ3v) is 6.06. The number of rotatable bonds is 6. The van der Waals surface area contributed by atoms with Crippen molar-refractivity contribution in [2.24, 2.45) is 0 Å². The lowest BCUT2D eigenvalue weighted by molar-refractivity contribution is -0.140. The van der Waals surface area contributed by atoms with E-state index in [1.165, 1.54) is 5.56 Å². The second-order valence-corrected chi connectivity index (χ2v) is 9.72. The molecule has 0 bridgehead atoms. The summed E-state index contributed by atoms with van der Waals surface area (Å²) in [6, 6.07) is 14.9. The van der Waals surface area contributed by atoms with Crippen molar-refractivity contribution in [3.8, 4) is 0 Å². The molecule has 5 nitrogen and oxygen atoms in total. The topological polar surface area (TPSA) is 60.9 Å². The molecule has 32 heavy (non-hydrogen) atoms. The van der Waals surface area contributed by atoms with E-state index in [4.69, 9.17) is 0 Å². The highest BCUT2D eigenvalue weighted by Gasteiger charge is 2.45. The summed E-state index contributed by atoms with van der Waals surface area (Å²) in [6.45, 7) is 9.51. The zero-order valence-electron chi connectivity index (χ0n) is 20.0. The van der Waals surface area contributed by atoms with Crippen molar-refractivity contribution in [2.75, 3.05) is 27.2 Å². The van der Waals surface area contributed by atoms with Crippen molar-refractivity contribution in [3.63, 3.8) is 0 Å². The fraction of sp³-hybridized carbons (Fsp3) is 0.407. The van der Waals surface area contributed by atoms with Crippen LogP contribution in [0, 0.1) is 0 Å². The Morgan fingerprint density at radius 2 is 1.59 bits per heavy atom. The second-order valence-electron chi connectivity index (χ2n) is 9.72. The van der Waals surface area contributed by atoms with Crippen LogP contribution in [0.1, 0.15) is 56.0 Å². The number of carbonyl (C=O) groups excluding carboxylic acids is 2. The van der Waals surface area contributed by atoms with Gasteiger partial charge in [0.15, 0.2) is 0 Å². The number of nitrogens with zero attached hydrogens (tertiary/aromatic N) is 2. The van der Waals surface area contributed by atoms with E-state index < -0.39 is 17.7 Å². The molecule has 0 aliphatic carbocycles. The molecule has 0 aromatic heterocycles.